The SMILES string of the molecule is Cc1ccc(NS(=O)(=O)c2cc(F)cc(F)c2)c(C)c1. The normalized spacial score (nSPS) is 11.4. The van der Waals surface area contributed by atoms with E-state index in [2.05, 4.69) is 4.72 Å². The molecule has 0 radical (unpaired) electrons. The highest BCUT2D eigenvalue weighted by Gasteiger charge is 2.17. The molecule has 0 saturated heterocycles. The van der Waals surface area contributed by atoms with Gasteiger partial charge in [0, 0.05) is 6.07 Å². The van der Waals surface area contributed by atoms with E-state index in [-0.39, 0.29) is 0 Å². The topological polar surface area (TPSA) is 46.2 Å². The lowest BCUT2D eigenvalue weighted by molar-refractivity contribution is 0.568. The highest BCUT2D eigenvalue weighted by atomic mass is 32.2. The second-order valence-corrected chi connectivity index (χ2v) is 6.21. The van der Waals surface area contributed by atoms with Crippen molar-refractivity contribution in [3.05, 3.63) is 59.2 Å². The predicted octanol–water partition coefficient (Wildman–Crippen LogP) is 3.38. The van der Waals surface area contributed by atoms with E-state index in [0.29, 0.717) is 11.8 Å². The minimum Gasteiger partial charge on any atom is -0.279 e. The van der Waals surface area contributed by atoms with E-state index < -0.39 is 26.6 Å². The van der Waals surface area contributed by atoms with Gasteiger partial charge < -0.3 is 0 Å². The molecule has 0 saturated carbocycles. The van der Waals surface area contributed by atoms with Gasteiger partial charge in [0.1, 0.15) is 11.6 Å². The molecule has 2 rings (SSSR count). The summed E-state index contributed by atoms with van der Waals surface area (Å²) in [5.74, 6) is -1.88. The Morgan fingerprint density at radius 2 is 1.55 bits per heavy atom. The third kappa shape index (κ3) is 3.14. The number of halogens is 2. The molecule has 2 aromatic rings. The first-order chi connectivity index (χ1) is 9.28. The third-order valence-corrected chi connectivity index (χ3v) is 4.12. The predicted molar refractivity (Wildman–Crippen MR) is 73.1 cm³/mol. The second-order valence-electron chi connectivity index (χ2n) is 4.53. The molecular weight excluding hydrogens is 284 g/mol. The molecule has 0 spiro atoms. The lowest BCUT2D eigenvalue weighted by Gasteiger charge is -2.11. The summed E-state index contributed by atoms with van der Waals surface area (Å²) in [5, 5.41) is 0. The van der Waals surface area contributed by atoms with E-state index in [9.17, 15) is 17.2 Å². The fourth-order valence-corrected chi connectivity index (χ4v) is 2.99. The second kappa shape index (κ2) is 5.20. The van der Waals surface area contributed by atoms with Gasteiger partial charge in [-0.3, -0.25) is 4.72 Å². The van der Waals surface area contributed by atoms with Crippen LogP contribution in [0.5, 0.6) is 0 Å². The third-order valence-electron chi connectivity index (χ3n) is 2.77. The molecule has 106 valence electrons. The summed E-state index contributed by atoms with van der Waals surface area (Å²) in [6, 6.07) is 7.33. The summed E-state index contributed by atoms with van der Waals surface area (Å²) in [7, 11) is -4.02. The molecular formula is C14H13F2NO2S. The van der Waals surface area contributed by atoms with Crippen LogP contribution in [-0.2, 0) is 10.0 Å². The van der Waals surface area contributed by atoms with Crippen LogP contribution < -0.4 is 4.72 Å². The van der Waals surface area contributed by atoms with Gasteiger partial charge in [0.2, 0.25) is 0 Å². The van der Waals surface area contributed by atoms with E-state index in [1.54, 1.807) is 19.1 Å². The van der Waals surface area contributed by atoms with E-state index in [4.69, 9.17) is 0 Å². The van der Waals surface area contributed by atoms with E-state index in [1.807, 2.05) is 13.0 Å². The van der Waals surface area contributed by atoms with Gasteiger partial charge in [0.05, 0.1) is 10.6 Å². The van der Waals surface area contributed by atoms with Crippen LogP contribution in [0.3, 0.4) is 0 Å². The van der Waals surface area contributed by atoms with Gasteiger partial charge in [-0.05, 0) is 37.6 Å². The van der Waals surface area contributed by atoms with E-state index >= 15 is 0 Å². The Hall–Kier alpha value is -1.95. The Balaban J connectivity index is 2.40. The zero-order valence-corrected chi connectivity index (χ0v) is 11.8. The zero-order chi connectivity index (χ0) is 14.9. The molecule has 0 bridgehead atoms. The summed E-state index contributed by atoms with van der Waals surface area (Å²) >= 11 is 0. The number of rotatable bonds is 3. The number of sulfonamides is 1. The number of aryl methyl sites for hydroxylation is 2. The Bertz CT molecular complexity index is 738. The Kier molecular flexibility index (Phi) is 3.76. The van der Waals surface area contributed by atoms with Crippen LogP contribution >= 0.6 is 0 Å². The molecule has 0 aromatic heterocycles. The first-order valence-corrected chi connectivity index (χ1v) is 7.32. The fraction of sp³-hybridized carbons (Fsp3) is 0.143. The van der Waals surface area contributed by atoms with Crippen LogP contribution in [0, 0.1) is 25.5 Å². The van der Waals surface area contributed by atoms with Gasteiger partial charge in [-0.1, -0.05) is 17.7 Å². The van der Waals surface area contributed by atoms with Crippen LogP contribution in [0.1, 0.15) is 11.1 Å². The van der Waals surface area contributed by atoms with Gasteiger partial charge in [-0.25, -0.2) is 17.2 Å². The van der Waals surface area contributed by atoms with Crippen LogP contribution in [0.15, 0.2) is 41.3 Å². The van der Waals surface area contributed by atoms with E-state index in [1.165, 1.54) is 0 Å². The molecule has 0 fully saturated rings. The van der Waals surface area contributed by atoms with Crippen molar-refractivity contribution in [3.8, 4) is 0 Å². The first-order valence-electron chi connectivity index (χ1n) is 5.84. The summed E-state index contributed by atoms with van der Waals surface area (Å²) < 4.78 is 52.7. The molecule has 0 aliphatic rings. The van der Waals surface area contributed by atoms with Gasteiger partial charge >= 0.3 is 0 Å². The van der Waals surface area contributed by atoms with Gasteiger partial charge in [0.25, 0.3) is 10.0 Å². The van der Waals surface area contributed by atoms with Crippen molar-refractivity contribution in [3.63, 3.8) is 0 Å². The quantitative estimate of drug-likeness (QED) is 0.944. The fourth-order valence-electron chi connectivity index (χ4n) is 1.82. The molecule has 3 nitrogen and oxygen atoms in total. The Labute approximate surface area is 116 Å². The highest BCUT2D eigenvalue weighted by Crippen LogP contribution is 2.21. The molecule has 2 aromatic carbocycles. The van der Waals surface area contributed by atoms with Crippen molar-refractivity contribution < 1.29 is 17.2 Å². The molecule has 6 heteroatoms. The number of hydrogen-bond acceptors (Lipinski definition) is 2. The lowest BCUT2D eigenvalue weighted by atomic mass is 10.1. The van der Waals surface area contributed by atoms with Crippen molar-refractivity contribution in [1.82, 2.24) is 0 Å². The number of benzene rings is 2. The van der Waals surface area contributed by atoms with Gasteiger partial charge in [0.15, 0.2) is 0 Å². The van der Waals surface area contributed by atoms with Crippen LogP contribution in [0.4, 0.5) is 14.5 Å². The monoisotopic (exact) mass is 297 g/mol. The van der Waals surface area contributed by atoms with Crippen LogP contribution in [-0.4, -0.2) is 8.42 Å². The number of nitrogens with one attached hydrogen (secondary N) is 1. The Morgan fingerprint density at radius 1 is 0.950 bits per heavy atom. The van der Waals surface area contributed by atoms with Crippen molar-refractivity contribution in [2.45, 2.75) is 18.7 Å². The van der Waals surface area contributed by atoms with Crippen molar-refractivity contribution in [2.24, 2.45) is 0 Å². The minimum atomic E-state index is -4.02. The molecule has 1 N–H and O–H groups in total. The highest BCUT2D eigenvalue weighted by molar-refractivity contribution is 7.92. The van der Waals surface area contributed by atoms with Crippen LogP contribution in [0.2, 0.25) is 0 Å². The number of anilines is 1. The van der Waals surface area contributed by atoms with Crippen molar-refractivity contribution in [1.29, 1.82) is 0 Å². The molecule has 0 atom stereocenters. The Morgan fingerprint density at radius 3 is 2.10 bits per heavy atom. The lowest BCUT2D eigenvalue weighted by Crippen LogP contribution is -2.14. The standard InChI is InChI=1S/C14H13F2NO2S/c1-9-3-4-14(10(2)5-9)17-20(18,19)13-7-11(15)6-12(16)8-13/h3-8,17H,1-2H3. The first kappa shape index (κ1) is 14.5. The van der Waals surface area contributed by atoms with Gasteiger partial charge in [-0.2, -0.15) is 0 Å². The molecule has 0 unspecified atom stereocenters. The minimum absolute atomic E-state index is 0.375. The van der Waals surface area contributed by atoms with Crippen molar-refractivity contribution in [2.75, 3.05) is 4.72 Å². The average Bonchev–Trinajstić information content (AvgIpc) is 2.31. The smallest absolute Gasteiger partial charge is 0.262 e. The zero-order valence-electron chi connectivity index (χ0n) is 10.9. The summed E-state index contributed by atoms with van der Waals surface area (Å²) in [4.78, 5) is -0.449. The molecule has 20 heavy (non-hydrogen) atoms. The maximum absolute atomic E-state index is 13.1. The van der Waals surface area contributed by atoms with Crippen LogP contribution in [0.25, 0.3) is 0 Å². The number of hydrogen-bond donors (Lipinski definition) is 1. The maximum atomic E-state index is 13.1. The maximum Gasteiger partial charge on any atom is 0.262 e. The molecule has 0 heterocycles. The summed E-state index contributed by atoms with van der Waals surface area (Å²) in [6.45, 7) is 3.63. The summed E-state index contributed by atoms with van der Waals surface area (Å²) in [5.41, 5.74) is 2.09. The molecule has 0 aliphatic carbocycles. The summed E-state index contributed by atoms with van der Waals surface area (Å²) in [6.07, 6.45) is 0. The molecule has 0 amide bonds. The molecule has 0 aliphatic heterocycles. The van der Waals surface area contributed by atoms with Gasteiger partial charge in [-0.15, -0.1) is 0 Å². The average molecular weight is 297 g/mol. The van der Waals surface area contributed by atoms with Crippen molar-refractivity contribution >= 4 is 15.7 Å². The van der Waals surface area contributed by atoms with E-state index in [0.717, 1.165) is 23.3 Å². The largest absolute Gasteiger partial charge is 0.279 e.